The van der Waals surface area contributed by atoms with Gasteiger partial charge in [-0.25, -0.2) is 13.1 Å². The molecule has 1 aromatic carbocycles. The fourth-order valence-electron chi connectivity index (χ4n) is 2.61. The Labute approximate surface area is 145 Å². The van der Waals surface area contributed by atoms with Crippen LogP contribution in [0.25, 0.3) is 0 Å². The highest BCUT2D eigenvalue weighted by Gasteiger charge is 2.24. The van der Waals surface area contributed by atoms with Gasteiger partial charge < -0.3 is 4.84 Å². The monoisotopic (exact) mass is 352 g/mol. The van der Waals surface area contributed by atoms with Crippen LogP contribution in [0.1, 0.15) is 52.0 Å². The molecule has 2 rings (SSSR count). The van der Waals surface area contributed by atoms with E-state index in [9.17, 15) is 8.42 Å². The average molecular weight is 353 g/mol. The summed E-state index contributed by atoms with van der Waals surface area (Å²) in [5, 5.41) is 4.30. The molecule has 0 radical (unpaired) electrons. The van der Waals surface area contributed by atoms with Gasteiger partial charge in [0.05, 0.1) is 10.6 Å². The van der Waals surface area contributed by atoms with E-state index >= 15 is 0 Å². The van der Waals surface area contributed by atoms with E-state index in [-0.39, 0.29) is 11.5 Å². The van der Waals surface area contributed by atoms with Crippen molar-refractivity contribution in [2.75, 3.05) is 6.54 Å². The van der Waals surface area contributed by atoms with Gasteiger partial charge in [0.25, 0.3) is 0 Å². The van der Waals surface area contributed by atoms with Gasteiger partial charge in [0.2, 0.25) is 10.0 Å². The quantitative estimate of drug-likeness (QED) is 0.823. The van der Waals surface area contributed by atoms with Crippen LogP contribution in [0.2, 0.25) is 0 Å². The summed E-state index contributed by atoms with van der Waals surface area (Å²) in [6.07, 6.45) is 3.97. The molecule has 6 heteroatoms. The van der Waals surface area contributed by atoms with Gasteiger partial charge in [-0.2, -0.15) is 0 Å². The number of nitrogens with zero attached hydrogens (tertiary/aromatic N) is 1. The average Bonchev–Trinajstić information content (AvgIpc) is 2.51. The third kappa shape index (κ3) is 5.60. The molecule has 1 aromatic rings. The summed E-state index contributed by atoms with van der Waals surface area (Å²) in [5.41, 5.74) is 1.66. The molecule has 1 unspecified atom stereocenters. The molecule has 5 nitrogen and oxygen atoms in total. The van der Waals surface area contributed by atoms with Gasteiger partial charge in [0.1, 0.15) is 5.60 Å². The Morgan fingerprint density at radius 2 is 1.88 bits per heavy atom. The maximum absolute atomic E-state index is 12.4. The second-order valence-electron chi connectivity index (χ2n) is 7.39. The van der Waals surface area contributed by atoms with Crippen molar-refractivity contribution < 1.29 is 13.3 Å². The molecule has 0 bridgehead atoms. The molecule has 1 aliphatic rings. The van der Waals surface area contributed by atoms with Crippen molar-refractivity contribution in [2.24, 2.45) is 11.1 Å². The molecule has 1 aliphatic carbocycles. The number of rotatable bonds is 5. The third-order valence-corrected chi connectivity index (χ3v) is 5.43. The van der Waals surface area contributed by atoms with Gasteiger partial charge in [-0.15, -0.1) is 0 Å². The van der Waals surface area contributed by atoms with Crippen molar-refractivity contribution in [3.63, 3.8) is 0 Å². The zero-order valence-corrected chi connectivity index (χ0v) is 15.8. The van der Waals surface area contributed by atoms with Crippen molar-refractivity contribution in [2.45, 2.75) is 63.9 Å². The molecule has 1 N–H and O–H groups in total. The van der Waals surface area contributed by atoms with E-state index in [1.165, 1.54) is 0 Å². The molecular weight excluding hydrogens is 324 g/mol. The number of benzene rings is 1. The molecule has 0 aliphatic heterocycles. The topological polar surface area (TPSA) is 67.8 Å². The van der Waals surface area contributed by atoms with Crippen molar-refractivity contribution >= 4 is 15.7 Å². The van der Waals surface area contributed by atoms with Crippen LogP contribution in [0, 0.1) is 12.8 Å². The first-order chi connectivity index (χ1) is 11.2. The molecule has 0 amide bonds. The van der Waals surface area contributed by atoms with Crippen LogP contribution in [0.4, 0.5) is 0 Å². The van der Waals surface area contributed by atoms with Crippen LogP contribution in [0.15, 0.2) is 34.3 Å². The van der Waals surface area contributed by atoms with Gasteiger partial charge >= 0.3 is 0 Å². The number of oxime groups is 1. The lowest BCUT2D eigenvalue weighted by atomic mass is 9.87. The highest BCUT2D eigenvalue weighted by molar-refractivity contribution is 7.89. The highest BCUT2D eigenvalue weighted by Crippen LogP contribution is 2.23. The second-order valence-corrected chi connectivity index (χ2v) is 9.16. The Kier molecular flexibility index (Phi) is 6.04. The molecular formula is C18H28N2O3S. The third-order valence-electron chi connectivity index (χ3n) is 3.99. The van der Waals surface area contributed by atoms with Crippen LogP contribution in [-0.4, -0.2) is 26.3 Å². The summed E-state index contributed by atoms with van der Waals surface area (Å²) in [5.74, 6) is 0.0984. The maximum Gasteiger partial charge on any atom is 0.240 e. The molecule has 1 fully saturated rings. The summed E-state index contributed by atoms with van der Waals surface area (Å²) >= 11 is 0. The number of aryl methyl sites for hydroxylation is 1. The van der Waals surface area contributed by atoms with Crippen LogP contribution in [0.3, 0.4) is 0 Å². The van der Waals surface area contributed by atoms with Crippen LogP contribution in [0.5, 0.6) is 0 Å². The molecule has 1 atom stereocenters. The molecule has 0 heterocycles. The minimum atomic E-state index is -3.49. The minimum absolute atomic E-state index is 0.0984. The molecule has 24 heavy (non-hydrogen) atoms. The SMILES string of the molecule is Cc1ccc(S(=O)(=O)NCC2CCCC/C2=N/OC(C)(C)C)cc1. The van der Waals surface area contributed by atoms with Gasteiger partial charge in [0.15, 0.2) is 0 Å². The summed E-state index contributed by atoms with van der Waals surface area (Å²) in [6, 6.07) is 6.88. The number of hydrogen-bond donors (Lipinski definition) is 1. The van der Waals surface area contributed by atoms with Crippen molar-refractivity contribution in [3.05, 3.63) is 29.8 Å². The zero-order valence-electron chi connectivity index (χ0n) is 15.0. The first-order valence-corrected chi connectivity index (χ1v) is 9.97. The van der Waals surface area contributed by atoms with E-state index in [0.29, 0.717) is 11.4 Å². The lowest BCUT2D eigenvalue weighted by Gasteiger charge is -2.25. The van der Waals surface area contributed by atoms with Crippen molar-refractivity contribution in [1.82, 2.24) is 4.72 Å². The van der Waals surface area contributed by atoms with E-state index in [1.54, 1.807) is 24.3 Å². The summed E-state index contributed by atoms with van der Waals surface area (Å²) in [4.78, 5) is 5.84. The van der Waals surface area contributed by atoms with E-state index < -0.39 is 10.0 Å². The molecule has 1 saturated carbocycles. The van der Waals surface area contributed by atoms with Crippen LogP contribution < -0.4 is 4.72 Å². The second kappa shape index (κ2) is 7.66. The van der Waals surface area contributed by atoms with E-state index in [1.807, 2.05) is 27.7 Å². The number of nitrogens with one attached hydrogen (secondary N) is 1. The Morgan fingerprint density at radius 1 is 1.21 bits per heavy atom. The highest BCUT2D eigenvalue weighted by atomic mass is 32.2. The van der Waals surface area contributed by atoms with Gasteiger partial charge in [0, 0.05) is 12.5 Å². The largest absolute Gasteiger partial charge is 0.390 e. The lowest BCUT2D eigenvalue weighted by Crippen LogP contribution is -2.35. The van der Waals surface area contributed by atoms with Gasteiger partial charge in [-0.05, 0) is 59.1 Å². The van der Waals surface area contributed by atoms with Crippen molar-refractivity contribution in [1.29, 1.82) is 0 Å². The Balaban J connectivity index is 2.04. The van der Waals surface area contributed by atoms with Crippen molar-refractivity contribution in [3.8, 4) is 0 Å². The lowest BCUT2D eigenvalue weighted by molar-refractivity contribution is -0.000658. The fraction of sp³-hybridized carbons (Fsp3) is 0.611. The number of hydrogen-bond acceptors (Lipinski definition) is 4. The Bertz CT molecular complexity index is 673. The molecule has 134 valence electrons. The Hall–Kier alpha value is -1.40. The predicted octanol–water partition coefficient (Wildman–Crippen LogP) is 3.63. The summed E-state index contributed by atoms with van der Waals surface area (Å²) < 4.78 is 27.6. The van der Waals surface area contributed by atoms with Gasteiger partial charge in [-0.1, -0.05) is 29.3 Å². The van der Waals surface area contributed by atoms with Crippen LogP contribution >= 0.6 is 0 Å². The molecule has 0 saturated heterocycles. The van der Waals surface area contributed by atoms with E-state index in [2.05, 4.69) is 9.88 Å². The number of sulfonamides is 1. The molecule has 0 aromatic heterocycles. The summed E-state index contributed by atoms with van der Waals surface area (Å²) in [7, 11) is -3.49. The Morgan fingerprint density at radius 3 is 2.50 bits per heavy atom. The first kappa shape index (κ1) is 18.9. The summed E-state index contributed by atoms with van der Waals surface area (Å²) in [6.45, 7) is 8.16. The van der Waals surface area contributed by atoms with E-state index in [0.717, 1.165) is 37.0 Å². The smallest absolute Gasteiger partial charge is 0.240 e. The normalized spacial score (nSPS) is 21.0. The molecule has 0 spiro atoms. The van der Waals surface area contributed by atoms with Crippen LogP contribution in [-0.2, 0) is 14.9 Å². The van der Waals surface area contributed by atoms with Gasteiger partial charge in [-0.3, -0.25) is 0 Å². The van der Waals surface area contributed by atoms with E-state index in [4.69, 9.17) is 4.84 Å². The first-order valence-electron chi connectivity index (χ1n) is 8.49. The zero-order chi connectivity index (χ0) is 17.8. The maximum atomic E-state index is 12.4. The standard InChI is InChI=1S/C18H28N2O3S/c1-14-9-11-16(12-10-14)24(21,22)19-13-15-7-5-6-8-17(15)20-23-18(2,3)4/h9-12,15,19H,5-8,13H2,1-4H3/b20-17-. The fourth-order valence-corrected chi connectivity index (χ4v) is 3.70. The minimum Gasteiger partial charge on any atom is -0.390 e. The predicted molar refractivity (Wildman–Crippen MR) is 96.6 cm³/mol.